The molecule has 3 heterocycles. The number of likely N-dealkylation sites (tertiary alicyclic amines) is 1. The monoisotopic (exact) mass is 519 g/mol. The topological polar surface area (TPSA) is 61.6 Å². The largest absolute Gasteiger partial charge is 0.363 e. The Labute approximate surface area is 195 Å². The Balaban J connectivity index is 0.00000256. The lowest BCUT2D eigenvalue weighted by Gasteiger charge is -2.22. The second-order valence-corrected chi connectivity index (χ2v) is 7.83. The Kier molecular flexibility index (Phi) is 7.17. The van der Waals surface area contributed by atoms with Gasteiger partial charge in [0.05, 0.1) is 11.7 Å². The SMILES string of the molecule is CN=C(NCc1cc(N(C)C)nc2ccccc12)N1CCC(c2cnn(C)c2)C1.I. The lowest BCUT2D eigenvalue weighted by atomic mass is 10.0. The predicted molar refractivity (Wildman–Crippen MR) is 134 cm³/mol. The summed E-state index contributed by atoms with van der Waals surface area (Å²) in [5.41, 5.74) is 3.55. The molecule has 1 unspecified atom stereocenters. The average molecular weight is 519 g/mol. The molecule has 1 fully saturated rings. The number of guanidine groups is 1. The van der Waals surface area contributed by atoms with Crippen LogP contribution in [0.15, 0.2) is 47.7 Å². The third-order valence-electron chi connectivity index (χ3n) is 5.58. The molecule has 30 heavy (non-hydrogen) atoms. The maximum absolute atomic E-state index is 4.76. The van der Waals surface area contributed by atoms with Crippen molar-refractivity contribution < 1.29 is 0 Å². The molecule has 0 radical (unpaired) electrons. The van der Waals surface area contributed by atoms with E-state index in [2.05, 4.69) is 50.8 Å². The van der Waals surface area contributed by atoms with Crippen LogP contribution in [0.5, 0.6) is 0 Å². The summed E-state index contributed by atoms with van der Waals surface area (Å²) in [6.45, 7) is 2.68. The number of pyridine rings is 1. The number of rotatable bonds is 4. The summed E-state index contributed by atoms with van der Waals surface area (Å²) in [6.07, 6.45) is 5.22. The van der Waals surface area contributed by atoms with E-state index in [4.69, 9.17) is 4.98 Å². The van der Waals surface area contributed by atoms with Crippen LogP contribution in [-0.2, 0) is 13.6 Å². The van der Waals surface area contributed by atoms with E-state index in [0.29, 0.717) is 12.5 Å². The van der Waals surface area contributed by atoms with Crippen molar-refractivity contribution in [3.63, 3.8) is 0 Å². The quantitative estimate of drug-likeness (QED) is 0.326. The molecule has 0 amide bonds. The van der Waals surface area contributed by atoms with E-state index in [1.54, 1.807) is 0 Å². The molecule has 1 N–H and O–H groups in total. The number of nitrogens with one attached hydrogen (secondary N) is 1. The number of hydrogen-bond acceptors (Lipinski definition) is 4. The zero-order valence-electron chi connectivity index (χ0n) is 18.0. The van der Waals surface area contributed by atoms with Gasteiger partial charge in [0.25, 0.3) is 0 Å². The molecule has 1 atom stereocenters. The van der Waals surface area contributed by atoms with E-state index in [1.165, 1.54) is 16.5 Å². The summed E-state index contributed by atoms with van der Waals surface area (Å²) in [5.74, 6) is 2.42. The van der Waals surface area contributed by atoms with Crippen molar-refractivity contribution in [2.45, 2.75) is 18.9 Å². The summed E-state index contributed by atoms with van der Waals surface area (Å²) in [6, 6.07) is 10.5. The van der Waals surface area contributed by atoms with Gasteiger partial charge in [-0.1, -0.05) is 18.2 Å². The molecule has 1 aliphatic heterocycles. The second kappa shape index (κ2) is 9.63. The van der Waals surface area contributed by atoms with Crippen molar-refractivity contribution in [2.24, 2.45) is 12.0 Å². The fourth-order valence-corrected chi connectivity index (χ4v) is 3.99. The number of aliphatic imine (C=N–C) groups is 1. The van der Waals surface area contributed by atoms with Gasteiger partial charge in [-0.15, -0.1) is 24.0 Å². The van der Waals surface area contributed by atoms with Gasteiger partial charge in [0, 0.05) is 65.3 Å². The van der Waals surface area contributed by atoms with Gasteiger partial charge < -0.3 is 15.1 Å². The van der Waals surface area contributed by atoms with Gasteiger partial charge in [-0.3, -0.25) is 9.67 Å². The number of aromatic nitrogens is 3. The van der Waals surface area contributed by atoms with Gasteiger partial charge in [0.1, 0.15) is 5.82 Å². The fraction of sp³-hybridized carbons (Fsp3) is 0.409. The minimum atomic E-state index is 0. The molecule has 0 spiro atoms. The van der Waals surface area contributed by atoms with Crippen molar-refractivity contribution in [1.29, 1.82) is 0 Å². The summed E-state index contributed by atoms with van der Waals surface area (Å²) in [5, 5.41) is 9.07. The Morgan fingerprint density at radius 3 is 2.80 bits per heavy atom. The fourth-order valence-electron chi connectivity index (χ4n) is 3.99. The van der Waals surface area contributed by atoms with Gasteiger partial charge in [-0.2, -0.15) is 5.10 Å². The standard InChI is InChI=1S/C22H29N7.HI/c1-23-22(29-10-9-16(15-29)18-13-25-28(4)14-18)24-12-17-11-21(27(2)3)26-20-8-6-5-7-19(17)20;/h5-8,11,13-14,16H,9-10,12,15H2,1-4H3,(H,23,24);1H. The smallest absolute Gasteiger partial charge is 0.193 e. The van der Waals surface area contributed by atoms with Crippen LogP contribution >= 0.6 is 24.0 Å². The molecule has 160 valence electrons. The number of anilines is 1. The van der Waals surface area contributed by atoms with Crippen LogP contribution < -0.4 is 10.2 Å². The number of hydrogen-bond donors (Lipinski definition) is 1. The highest BCUT2D eigenvalue weighted by atomic mass is 127. The van der Waals surface area contributed by atoms with Crippen LogP contribution in [-0.4, -0.2) is 59.9 Å². The molecule has 1 aromatic carbocycles. The molecule has 2 aromatic heterocycles. The predicted octanol–water partition coefficient (Wildman–Crippen LogP) is 3.22. The normalized spacial score (nSPS) is 16.6. The molecule has 7 nitrogen and oxygen atoms in total. The van der Waals surface area contributed by atoms with Crippen molar-refractivity contribution in [1.82, 2.24) is 25.0 Å². The summed E-state index contributed by atoms with van der Waals surface area (Å²) in [4.78, 5) is 13.7. The maximum atomic E-state index is 4.76. The second-order valence-electron chi connectivity index (χ2n) is 7.83. The lowest BCUT2D eigenvalue weighted by molar-refractivity contribution is 0.486. The first-order valence-corrected chi connectivity index (χ1v) is 10.1. The molecule has 1 saturated heterocycles. The number of benzene rings is 1. The maximum Gasteiger partial charge on any atom is 0.193 e. The van der Waals surface area contributed by atoms with E-state index < -0.39 is 0 Å². The molecule has 0 saturated carbocycles. The van der Waals surface area contributed by atoms with E-state index in [9.17, 15) is 0 Å². The summed E-state index contributed by atoms with van der Waals surface area (Å²) < 4.78 is 1.88. The summed E-state index contributed by atoms with van der Waals surface area (Å²) in [7, 11) is 7.87. The highest BCUT2D eigenvalue weighted by Gasteiger charge is 2.27. The number of nitrogens with zero attached hydrogens (tertiary/aromatic N) is 6. The molecular formula is C22H30IN7. The first kappa shape index (κ1) is 22.3. The molecule has 3 aromatic rings. The van der Waals surface area contributed by atoms with E-state index in [1.807, 2.05) is 50.0 Å². The molecule has 0 bridgehead atoms. The average Bonchev–Trinajstić information content (AvgIpc) is 3.37. The van der Waals surface area contributed by atoms with Crippen LogP contribution in [0.4, 0.5) is 5.82 Å². The van der Waals surface area contributed by atoms with Gasteiger partial charge in [0.2, 0.25) is 0 Å². The van der Waals surface area contributed by atoms with Crippen LogP contribution in [0.2, 0.25) is 0 Å². The minimum absolute atomic E-state index is 0. The Morgan fingerprint density at radius 2 is 2.10 bits per heavy atom. The first-order valence-electron chi connectivity index (χ1n) is 10.1. The molecule has 8 heteroatoms. The van der Waals surface area contributed by atoms with Crippen molar-refractivity contribution >= 4 is 46.7 Å². The van der Waals surface area contributed by atoms with Gasteiger partial charge in [-0.05, 0) is 29.7 Å². The Hall–Kier alpha value is -2.36. The number of fused-ring (bicyclic) bond motifs is 1. The minimum Gasteiger partial charge on any atom is -0.363 e. The lowest BCUT2D eigenvalue weighted by Crippen LogP contribution is -2.39. The molecule has 4 rings (SSSR count). The van der Waals surface area contributed by atoms with Crippen molar-refractivity contribution in [3.8, 4) is 0 Å². The highest BCUT2D eigenvalue weighted by Crippen LogP contribution is 2.27. The highest BCUT2D eigenvalue weighted by molar-refractivity contribution is 14.0. The van der Waals surface area contributed by atoms with Crippen LogP contribution in [0, 0.1) is 0 Å². The summed E-state index contributed by atoms with van der Waals surface area (Å²) >= 11 is 0. The van der Waals surface area contributed by atoms with Crippen LogP contribution in [0.3, 0.4) is 0 Å². The third kappa shape index (κ3) is 4.69. The molecular weight excluding hydrogens is 489 g/mol. The first-order chi connectivity index (χ1) is 14.0. The van der Waals surface area contributed by atoms with E-state index in [-0.39, 0.29) is 24.0 Å². The number of halogens is 1. The molecule has 0 aliphatic carbocycles. The zero-order chi connectivity index (χ0) is 20.4. The molecule has 1 aliphatic rings. The van der Waals surface area contributed by atoms with E-state index in [0.717, 1.165) is 36.8 Å². The van der Waals surface area contributed by atoms with Crippen molar-refractivity contribution in [2.75, 3.05) is 39.1 Å². The third-order valence-corrected chi connectivity index (χ3v) is 5.58. The van der Waals surface area contributed by atoms with Crippen molar-refractivity contribution in [3.05, 3.63) is 53.9 Å². The van der Waals surface area contributed by atoms with Crippen LogP contribution in [0.25, 0.3) is 10.9 Å². The number of aryl methyl sites for hydroxylation is 1. The zero-order valence-corrected chi connectivity index (χ0v) is 20.4. The van der Waals surface area contributed by atoms with Gasteiger partial charge >= 0.3 is 0 Å². The van der Waals surface area contributed by atoms with E-state index >= 15 is 0 Å². The van der Waals surface area contributed by atoms with Gasteiger partial charge in [0.15, 0.2) is 5.96 Å². The van der Waals surface area contributed by atoms with Gasteiger partial charge in [-0.25, -0.2) is 4.98 Å². The number of para-hydroxylation sites is 1. The Bertz CT molecular complexity index is 1030. The Morgan fingerprint density at radius 1 is 1.30 bits per heavy atom. The van der Waals surface area contributed by atoms with Crippen LogP contribution in [0.1, 0.15) is 23.5 Å².